The van der Waals surface area contributed by atoms with Crippen LogP contribution in [0, 0.1) is 0 Å². The van der Waals surface area contributed by atoms with E-state index in [1.807, 2.05) is 0 Å². The fraction of sp³-hybridized carbons (Fsp3) is 0.500. The van der Waals surface area contributed by atoms with Crippen LogP contribution >= 0.6 is 0 Å². The van der Waals surface area contributed by atoms with Gasteiger partial charge in [-0.3, -0.25) is 0 Å². The number of unbranched alkanes of at least 4 members (excludes halogenated alkanes) is 1. The van der Waals surface area contributed by atoms with Crippen LogP contribution in [0.3, 0.4) is 0 Å². The Balaban J connectivity index is 1.22. The van der Waals surface area contributed by atoms with Crippen molar-refractivity contribution in [3.05, 3.63) is 65.7 Å². The Morgan fingerprint density at radius 2 is 1.77 bits per heavy atom. The van der Waals surface area contributed by atoms with Crippen LogP contribution in [-0.4, -0.2) is 18.7 Å². The highest BCUT2D eigenvalue weighted by Crippen LogP contribution is 2.53. The molecule has 1 fully saturated rings. The number of hydrogen-bond acceptors (Lipinski definition) is 2. The molecular formula is C24H31NO. The lowest BCUT2D eigenvalue weighted by molar-refractivity contribution is 0.0276. The third kappa shape index (κ3) is 3.81. The van der Waals surface area contributed by atoms with Crippen LogP contribution in [0.4, 0.5) is 0 Å². The second kappa shape index (κ2) is 8.26. The number of hydrogen-bond donors (Lipinski definition) is 1. The maximum absolute atomic E-state index is 6.54. The Hall–Kier alpha value is -1.80. The molecule has 1 N–H and O–H groups in total. The van der Waals surface area contributed by atoms with Crippen LogP contribution in [0.1, 0.15) is 62.0 Å². The number of fused-ring (bicyclic) bond motifs is 3. The highest BCUT2D eigenvalue weighted by atomic mass is 16.5. The van der Waals surface area contributed by atoms with Gasteiger partial charge in [0.15, 0.2) is 0 Å². The van der Waals surface area contributed by atoms with E-state index in [1.165, 1.54) is 56.1 Å². The zero-order valence-electron chi connectivity index (χ0n) is 15.8. The van der Waals surface area contributed by atoms with Crippen molar-refractivity contribution in [2.75, 3.05) is 13.1 Å². The van der Waals surface area contributed by atoms with Crippen LogP contribution in [-0.2, 0) is 6.42 Å². The van der Waals surface area contributed by atoms with Crippen molar-refractivity contribution in [3.63, 3.8) is 0 Å². The molecule has 2 heteroatoms. The van der Waals surface area contributed by atoms with Crippen molar-refractivity contribution in [2.45, 2.75) is 62.9 Å². The van der Waals surface area contributed by atoms with E-state index >= 15 is 0 Å². The Bertz CT molecular complexity index is 698. The van der Waals surface area contributed by atoms with Crippen molar-refractivity contribution >= 4 is 0 Å². The maximum atomic E-state index is 6.54. The summed E-state index contributed by atoms with van der Waals surface area (Å²) in [5.41, 5.74) is 2.96. The maximum Gasteiger partial charge on any atom is 0.123 e. The van der Waals surface area contributed by atoms with E-state index in [9.17, 15) is 0 Å². The molecule has 1 aliphatic heterocycles. The van der Waals surface area contributed by atoms with Gasteiger partial charge in [0.05, 0.1) is 0 Å². The summed E-state index contributed by atoms with van der Waals surface area (Å²) < 4.78 is 6.54. The fourth-order valence-corrected chi connectivity index (χ4v) is 4.85. The van der Waals surface area contributed by atoms with Crippen LogP contribution in [0.2, 0.25) is 0 Å². The van der Waals surface area contributed by atoms with Crippen molar-refractivity contribution in [1.82, 2.24) is 5.32 Å². The minimum absolute atomic E-state index is 0.0545. The standard InChI is InChI=1S/C24H31NO/c1-2-10-20(11-3-1)12-7-9-18-25-19-17-24-16-8-6-14-22(24)21-13-4-5-15-23(21)26-24/h1-5,10-11,13,15,22,25H,6-9,12,14,16-19H2. The van der Waals surface area contributed by atoms with Gasteiger partial charge < -0.3 is 10.1 Å². The molecule has 2 aromatic rings. The molecule has 0 radical (unpaired) electrons. The molecule has 2 unspecified atom stereocenters. The number of nitrogens with one attached hydrogen (secondary N) is 1. The average Bonchev–Trinajstić information content (AvgIpc) is 3.02. The van der Waals surface area contributed by atoms with Gasteiger partial charge in [-0.15, -0.1) is 0 Å². The first kappa shape index (κ1) is 17.6. The second-order valence-corrected chi connectivity index (χ2v) is 7.95. The molecule has 0 bridgehead atoms. The molecule has 2 aliphatic rings. The number of aryl methyl sites for hydroxylation is 1. The number of rotatable bonds is 8. The van der Waals surface area contributed by atoms with Crippen LogP contribution < -0.4 is 10.1 Å². The van der Waals surface area contributed by atoms with E-state index in [1.54, 1.807) is 0 Å². The summed E-state index contributed by atoms with van der Waals surface area (Å²) in [6.45, 7) is 2.18. The lowest BCUT2D eigenvalue weighted by Gasteiger charge is -2.38. The Labute approximate surface area is 158 Å². The van der Waals surface area contributed by atoms with E-state index in [0.717, 1.165) is 25.3 Å². The van der Waals surface area contributed by atoms with Gasteiger partial charge >= 0.3 is 0 Å². The van der Waals surface area contributed by atoms with Crippen molar-refractivity contribution in [2.24, 2.45) is 0 Å². The van der Waals surface area contributed by atoms with Gasteiger partial charge in [-0.05, 0) is 63.2 Å². The molecule has 0 spiro atoms. The Morgan fingerprint density at radius 3 is 2.69 bits per heavy atom. The summed E-state index contributed by atoms with van der Waals surface area (Å²) in [7, 11) is 0. The van der Waals surface area contributed by atoms with E-state index in [0.29, 0.717) is 5.92 Å². The molecule has 2 atom stereocenters. The molecule has 0 aromatic heterocycles. The quantitative estimate of drug-likeness (QED) is 0.637. The van der Waals surface area contributed by atoms with Gasteiger partial charge in [0.2, 0.25) is 0 Å². The normalized spacial score (nSPS) is 23.9. The first-order chi connectivity index (χ1) is 12.9. The van der Waals surface area contributed by atoms with Gasteiger partial charge in [0.1, 0.15) is 11.4 Å². The van der Waals surface area contributed by atoms with Crippen molar-refractivity contribution in [3.8, 4) is 5.75 Å². The minimum Gasteiger partial charge on any atom is -0.486 e. The van der Waals surface area contributed by atoms with E-state index < -0.39 is 0 Å². The van der Waals surface area contributed by atoms with E-state index in [-0.39, 0.29) is 5.60 Å². The summed E-state index contributed by atoms with van der Waals surface area (Å²) in [6.07, 6.45) is 9.96. The molecule has 2 nitrogen and oxygen atoms in total. The topological polar surface area (TPSA) is 21.3 Å². The summed E-state index contributed by atoms with van der Waals surface area (Å²) in [5.74, 6) is 1.74. The minimum atomic E-state index is 0.0545. The molecule has 1 aliphatic carbocycles. The molecule has 0 saturated heterocycles. The second-order valence-electron chi connectivity index (χ2n) is 7.95. The van der Waals surface area contributed by atoms with Gasteiger partial charge in [-0.2, -0.15) is 0 Å². The molecule has 1 heterocycles. The van der Waals surface area contributed by atoms with Crippen LogP contribution in [0.25, 0.3) is 0 Å². The lowest BCUT2D eigenvalue weighted by Crippen LogP contribution is -2.43. The first-order valence-electron chi connectivity index (χ1n) is 10.4. The molecule has 1 saturated carbocycles. The highest BCUT2D eigenvalue weighted by Gasteiger charge is 2.48. The fourth-order valence-electron chi connectivity index (χ4n) is 4.85. The number of ether oxygens (including phenoxy) is 1. The lowest BCUT2D eigenvalue weighted by atomic mass is 9.72. The third-order valence-electron chi connectivity index (χ3n) is 6.22. The average molecular weight is 350 g/mol. The molecule has 4 rings (SSSR count). The van der Waals surface area contributed by atoms with Crippen molar-refractivity contribution < 1.29 is 4.74 Å². The SMILES string of the molecule is c1ccc(CCCCNCCC23CCCCC2c2ccccc2O3)cc1. The van der Waals surface area contributed by atoms with Crippen molar-refractivity contribution in [1.29, 1.82) is 0 Å². The molecule has 26 heavy (non-hydrogen) atoms. The highest BCUT2D eigenvalue weighted by molar-refractivity contribution is 5.43. The summed E-state index contributed by atoms with van der Waals surface area (Å²) >= 11 is 0. The zero-order chi connectivity index (χ0) is 17.7. The summed E-state index contributed by atoms with van der Waals surface area (Å²) in [5, 5.41) is 3.67. The number of para-hydroxylation sites is 1. The molecule has 2 aromatic carbocycles. The predicted octanol–water partition coefficient (Wildman–Crippen LogP) is 5.48. The molecule has 138 valence electrons. The van der Waals surface area contributed by atoms with Gasteiger partial charge in [0.25, 0.3) is 0 Å². The monoisotopic (exact) mass is 349 g/mol. The van der Waals surface area contributed by atoms with Crippen LogP contribution in [0.15, 0.2) is 54.6 Å². The summed E-state index contributed by atoms with van der Waals surface area (Å²) in [6, 6.07) is 19.5. The van der Waals surface area contributed by atoms with E-state index in [2.05, 4.69) is 59.9 Å². The molecular weight excluding hydrogens is 318 g/mol. The third-order valence-corrected chi connectivity index (χ3v) is 6.22. The smallest absolute Gasteiger partial charge is 0.123 e. The van der Waals surface area contributed by atoms with Crippen LogP contribution in [0.5, 0.6) is 5.75 Å². The van der Waals surface area contributed by atoms with Gasteiger partial charge in [-0.25, -0.2) is 0 Å². The van der Waals surface area contributed by atoms with Gasteiger partial charge in [0, 0.05) is 17.9 Å². The predicted molar refractivity (Wildman–Crippen MR) is 108 cm³/mol. The van der Waals surface area contributed by atoms with Gasteiger partial charge in [-0.1, -0.05) is 55.0 Å². The molecule has 0 amide bonds. The zero-order valence-corrected chi connectivity index (χ0v) is 15.8. The van der Waals surface area contributed by atoms with E-state index in [4.69, 9.17) is 4.74 Å². The Morgan fingerprint density at radius 1 is 0.923 bits per heavy atom. The number of benzene rings is 2. The largest absolute Gasteiger partial charge is 0.486 e. The summed E-state index contributed by atoms with van der Waals surface area (Å²) in [4.78, 5) is 0. The Kier molecular flexibility index (Phi) is 5.59. The first-order valence-corrected chi connectivity index (χ1v) is 10.4.